The minimum absolute atomic E-state index is 1.22. The predicted octanol–water partition coefficient (Wildman–Crippen LogP) is 5.63. The van der Waals surface area contributed by atoms with Gasteiger partial charge in [-0.15, -0.1) is 11.3 Å². The van der Waals surface area contributed by atoms with E-state index in [1.807, 2.05) is 12.4 Å². The van der Waals surface area contributed by atoms with Gasteiger partial charge in [0, 0.05) is 22.8 Å². The molecule has 0 N–H and O–H groups in total. The van der Waals surface area contributed by atoms with Crippen LogP contribution in [0.15, 0.2) is 78.4 Å². The van der Waals surface area contributed by atoms with Gasteiger partial charge in [0.2, 0.25) is 0 Å². The fraction of sp³-hybridized carbons (Fsp3) is 0. The first kappa shape index (κ1) is 12.3. The molecule has 21 heavy (non-hydrogen) atoms. The Morgan fingerprint density at radius 2 is 1.52 bits per heavy atom. The molecule has 0 fully saturated rings. The first-order valence-electron chi connectivity index (χ1n) is 6.89. The lowest BCUT2D eigenvalue weighted by molar-refractivity contribution is 1.33. The summed E-state index contributed by atoms with van der Waals surface area (Å²) in [4.78, 5) is 5.41. The number of hydrogen-bond donors (Lipinski definition) is 0. The van der Waals surface area contributed by atoms with E-state index in [1.165, 1.54) is 32.3 Å². The summed E-state index contributed by atoms with van der Waals surface area (Å²) in [6, 6.07) is 21.4. The zero-order chi connectivity index (χ0) is 14.1. The van der Waals surface area contributed by atoms with Crippen molar-refractivity contribution in [3.8, 4) is 21.6 Å². The molecule has 1 nitrogen and oxygen atoms in total. The zero-order valence-corrected chi connectivity index (χ0v) is 12.2. The lowest BCUT2D eigenvalue weighted by Gasteiger charge is -2.08. The SMILES string of the molecule is c1ccc2c(-c3ccsc3-c3ccncc3)cccc2c1. The second-order valence-electron chi connectivity index (χ2n) is 4.93. The lowest BCUT2D eigenvalue weighted by Crippen LogP contribution is -1.82. The number of thiophene rings is 1. The van der Waals surface area contributed by atoms with Gasteiger partial charge in [0.1, 0.15) is 0 Å². The second-order valence-corrected chi connectivity index (χ2v) is 5.84. The van der Waals surface area contributed by atoms with E-state index >= 15 is 0 Å². The van der Waals surface area contributed by atoms with Crippen molar-refractivity contribution in [1.82, 2.24) is 4.98 Å². The highest BCUT2D eigenvalue weighted by molar-refractivity contribution is 7.14. The third kappa shape index (κ3) is 2.14. The minimum Gasteiger partial charge on any atom is -0.265 e. The molecule has 2 heterocycles. The highest BCUT2D eigenvalue weighted by Crippen LogP contribution is 2.39. The van der Waals surface area contributed by atoms with Crippen LogP contribution in [0.3, 0.4) is 0 Å². The molecule has 0 aliphatic rings. The normalized spacial score (nSPS) is 10.9. The molecule has 4 rings (SSSR count). The Morgan fingerprint density at radius 1 is 0.714 bits per heavy atom. The lowest BCUT2D eigenvalue weighted by atomic mass is 9.97. The van der Waals surface area contributed by atoms with E-state index in [1.54, 1.807) is 11.3 Å². The summed E-state index contributed by atoms with van der Waals surface area (Å²) in [5.74, 6) is 0. The van der Waals surface area contributed by atoms with E-state index in [9.17, 15) is 0 Å². The third-order valence-electron chi connectivity index (χ3n) is 3.69. The van der Waals surface area contributed by atoms with Crippen molar-refractivity contribution in [2.24, 2.45) is 0 Å². The number of pyridine rings is 1. The number of fused-ring (bicyclic) bond motifs is 1. The Kier molecular flexibility index (Phi) is 3.02. The Hall–Kier alpha value is -2.45. The average molecular weight is 287 g/mol. The smallest absolute Gasteiger partial charge is 0.0422 e. The zero-order valence-electron chi connectivity index (χ0n) is 11.4. The summed E-state index contributed by atoms with van der Waals surface area (Å²) in [5.41, 5.74) is 3.81. The van der Waals surface area contributed by atoms with Gasteiger partial charge in [-0.25, -0.2) is 0 Å². The Labute approximate surface area is 127 Å². The molecule has 2 heteroatoms. The van der Waals surface area contributed by atoms with Gasteiger partial charge in [0.15, 0.2) is 0 Å². The van der Waals surface area contributed by atoms with Crippen molar-refractivity contribution in [1.29, 1.82) is 0 Å². The highest BCUT2D eigenvalue weighted by atomic mass is 32.1. The maximum Gasteiger partial charge on any atom is 0.0422 e. The molecule has 0 saturated carbocycles. The first-order valence-corrected chi connectivity index (χ1v) is 7.77. The molecule has 0 aliphatic carbocycles. The van der Waals surface area contributed by atoms with Crippen LogP contribution in [-0.2, 0) is 0 Å². The van der Waals surface area contributed by atoms with E-state index < -0.39 is 0 Å². The number of hydrogen-bond acceptors (Lipinski definition) is 2. The quantitative estimate of drug-likeness (QED) is 0.465. The molecule has 0 atom stereocenters. The molecule has 0 spiro atoms. The second kappa shape index (κ2) is 5.15. The summed E-state index contributed by atoms with van der Waals surface area (Å²) >= 11 is 1.78. The molecule has 2 aromatic carbocycles. The summed E-state index contributed by atoms with van der Waals surface area (Å²) in [6.45, 7) is 0. The fourth-order valence-corrected chi connectivity index (χ4v) is 3.63. The van der Waals surface area contributed by atoms with Crippen LogP contribution in [0.25, 0.3) is 32.3 Å². The summed E-state index contributed by atoms with van der Waals surface area (Å²) in [5, 5.41) is 4.74. The Morgan fingerprint density at radius 3 is 2.43 bits per heavy atom. The summed E-state index contributed by atoms with van der Waals surface area (Å²) in [6.07, 6.45) is 3.70. The van der Waals surface area contributed by atoms with E-state index in [0.717, 1.165) is 0 Å². The van der Waals surface area contributed by atoms with Gasteiger partial charge in [-0.05, 0) is 45.5 Å². The number of nitrogens with zero attached hydrogens (tertiary/aromatic N) is 1. The Balaban J connectivity index is 1.97. The standard InChI is InChI=1S/C19H13NS/c1-2-6-16-14(4-1)5-3-7-17(16)18-10-13-21-19(18)15-8-11-20-12-9-15/h1-13H. The molecule has 0 unspecified atom stereocenters. The van der Waals surface area contributed by atoms with E-state index in [0.29, 0.717) is 0 Å². The first-order chi connectivity index (χ1) is 10.4. The molecule has 0 bridgehead atoms. The van der Waals surface area contributed by atoms with Gasteiger partial charge in [0.25, 0.3) is 0 Å². The van der Waals surface area contributed by atoms with Gasteiger partial charge < -0.3 is 0 Å². The maximum atomic E-state index is 4.11. The minimum atomic E-state index is 1.22. The van der Waals surface area contributed by atoms with Crippen molar-refractivity contribution < 1.29 is 0 Å². The van der Waals surface area contributed by atoms with Crippen molar-refractivity contribution in [3.05, 3.63) is 78.4 Å². The van der Waals surface area contributed by atoms with Crippen molar-refractivity contribution in [3.63, 3.8) is 0 Å². The molecule has 0 amide bonds. The summed E-state index contributed by atoms with van der Waals surface area (Å²) < 4.78 is 0. The van der Waals surface area contributed by atoms with Crippen LogP contribution >= 0.6 is 11.3 Å². The van der Waals surface area contributed by atoms with Gasteiger partial charge in [-0.3, -0.25) is 4.98 Å². The number of benzene rings is 2. The monoisotopic (exact) mass is 287 g/mol. The van der Waals surface area contributed by atoms with Crippen LogP contribution in [-0.4, -0.2) is 4.98 Å². The van der Waals surface area contributed by atoms with Gasteiger partial charge >= 0.3 is 0 Å². The molecular weight excluding hydrogens is 274 g/mol. The molecule has 0 radical (unpaired) electrons. The van der Waals surface area contributed by atoms with Gasteiger partial charge in [-0.1, -0.05) is 42.5 Å². The highest BCUT2D eigenvalue weighted by Gasteiger charge is 2.11. The molecule has 4 aromatic rings. The number of aromatic nitrogens is 1. The van der Waals surface area contributed by atoms with Crippen molar-refractivity contribution >= 4 is 22.1 Å². The predicted molar refractivity (Wildman–Crippen MR) is 90.5 cm³/mol. The van der Waals surface area contributed by atoms with E-state index in [-0.39, 0.29) is 0 Å². The van der Waals surface area contributed by atoms with Crippen LogP contribution in [0, 0.1) is 0 Å². The molecule has 100 valence electrons. The third-order valence-corrected chi connectivity index (χ3v) is 4.65. The molecule has 2 aromatic heterocycles. The van der Waals surface area contributed by atoms with Crippen LogP contribution in [0.2, 0.25) is 0 Å². The van der Waals surface area contributed by atoms with Crippen LogP contribution in [0.4, 0.5) is 0 Å². The molecular formula is C19H13NS. The van der Waals surface area contributed by atoms with Crippen molar-refractivity contribution in [2.75, 3.05) is 0 Å². The topological polar surface area (TPSA) is 12.9 Å². The largest absolute Gasteiger partial charge is 0.265 e. The van der Waals surface area contributed by atoms with E-state index in [2.05, 4.69) is 71.0 Å². The Bertz CT molecular complexity index is 888. The van der Waals surface area contributed by atoms with Gasteiger partial charge in [0.05, 0.1) is 0 Å². The van der Waals surface area contributed by atoms with Crippen molar-refractivity contribution in [2.45, 2.75) is 0 Å². The van der Waals surface area contributed by atoms with Crippen LogP contribution < -0.4 is 0 Å². The molecule has 0 aliphatic heterocycles. The maximum absolute atomic E-state index is 4.11. The van der Waals surface area contributed by atoms with Crippen LogP contribution in [0.5, 0.6) is 0 Å². The fourth-order valence-electron chi connectivity index (χ4n) is 2.71. The average Bonchev–Trinajstić information content (AvgIpc) is 3.04. The van der Waals surface area contributed by atoms with Gasteiger partial charge in [-0.2, -0.15) is 0 Å². The van der Waals surface area contributed by atoms with Crippen LogP contribution in [0.1, 0.15) is 0 Å². The number of rotatable bonds is 2. The van der Waals surface area contributed by atoms with E-state index in [4.69, 9.17) is 0 Å². The molecule has 0 saturated heterocycles. The summed E-state index contributed by atoms with van der Waals surface area (Å²) in [7, 11) is 0.